The third kappa shape index (κ3) is 4.15. The maximum absolute atomic E-state index is 4.45. The Morgan fingerprint density at radius 1 is 1.08 bits per heavy atom. The highest BCUT2D eigenvalue weighted by Crippen LogP contribution is 2.29. The molecule has 0 bridgehead atoms. The standard InChI is InChI=1S/C21H37N5/c1-2-19-6-3-4-12-25(19)21-16-22-11-7-18(21)17-24-14-8-20(9-15-24)26-13-5-10-23-26/h5,10,13,18-22H,2-4,6-9,11-12,14-17H2,1H3. The molecule has 5 heteroatoms. The molecular formula is C21H37N5. The molecule has 0 radical (unpaired) electrons. The minimum Gasteiger partial charge on any atom is -0.315 e. The van der Waals surface area contributed by atoms with Gasteiger partial charge in [0.1, 0.15) is 0 Å². The fourth-order valence-corrected chi connectivity index (χ4v) is 5.59. The first-order valence-electron chi connectivity index (χ1n) is 11.0. The van der Waals surface area contributed by atoms with Crippen LogP contribution in [-0.2, 0) is 0 Å². The van der Waals surface area contributed by atoms with Gasteiger partial charge < -0.3 is 10.2 Å². The van der Waals surface area contributed by atoms with Gasteiger partial charge in [0.05, 0.1) is 6.04 Å². The molecular weight excluding hydrogens is 322 g/mol. The van der Waals surface area contributed by atoms with Crippen LogP contribution in [0.25, 0.3) is 0 Å². The van der Waals surface area contributed by atoms with Crippen molar-refractivity contribution in [2.75, 3.05) is 39.3 Å². The number of nitrogens with one attached hydrogen (secondary N) is 1. The van der Waals surface area contributed by atoms with Crippen molar-refractivity contribution in [3.05, 3.63) is 18.5 Å². The molecule has 0 aromatic carbocycles. The molecule has 4 rings (SSSR count). The summed E-state index contributed by atoms with van der Waals surface area (Å²) in [5.41, 5.74) is 0. The average Bonchev–Trinajstić information content (AvgIpc) is 3.24. The largest absolute Gasteiger partial charge is 0.315 e. The van der Waals surface area contributed by atoms with Gasteiger partial charge in [-0.3, -0.25) is 9.58 Å². The van der Waals surface area contributed by atoms with Crippen LogP contribution < -0.4 is 5.32 Å². The van der Waals surface area contributed by atoms with Crippen molar-refractivity contribution in [3.63, 3.8) is 0 Å². The predicted octanol–water partition coefficient (Wildman–Crippen LogP) is 2.76. The Kier molecular flexibility index (Phi) is 6.28. The molecule has 0 aliphatic carbocycles. The molecule has 0 saturated carbocycles. The summed E-state index contributed by atoms with van der Waals surface area (Å²) in [4.78, 5) is 5.63. The van der Waals surface area contributed by atoms with Gasteiger partial charge in [-0.25, -0.2) is 0 Å². The first-order valence-corrected chi connectivity index (χ1v) is 11.0. The predicted molar refractivity (Wildman–Crippen MR) is 106 cm³/mol. The van der Waals surface area contributed by atoms with Gasteiger partial charge in [0.15, 0.2) is 0 Å². The highest BCUT2D eigenvalue weighted by molar-refractivity contribution is 4.93. The van der Waals surface area contributed by atoms with Gasteiger partial charge >= 0.3 is 0 Å². The smallest absolute Gasteiger partial charge is 0.0543 e. The van der Waals surface area contributed by atoms with Gasteiger partial charge in [0.25, 0.3) is 0 Å². The molecule has 146 valence electrons. The van der Waals surface area contributed by atoms with Crippen LogP contribution in [0.4, 0.5) is 0 Å². The zero-order chi connectivity index (χ0) is 17.8. The van der Waals surface area contributed by atoms with Crippen LogP contribution >= 0.6 is 0 Å². The maximum Gasteiger partial charge on any atom is 0.0543 e. The Morgan fingerprint density at radius 3 is 2.73 bits per heavy atom. The van der Waals surface area contributed by atoms with E-state index < -0.39 is 0 Å². The minimum absolute atomic E-state index is 0.608. The third-order valence-electron chi connectivity index (χ3n) is 7.11. The van der Waals surface area contributed by atoms with E-state index in [1.165, 1.54) is 84.2 Å². The summed E-state index contributed by atoms with van der Waals surface area (Å²) in [5.74, 6) is 0.838. The SMILES string of the molecule is CCC1CCCCN1C1CNCCC1CN1CCC(n2cccn2)CC1. The Morgan fingerprint density at radius 2 is 1.96 bits per heavy atom. The van der Waals surface area contributed by atoms with Crippen molar-refractivity contribution in [2.45, 2.75) is 70.0 Å². The van der Waals surface area contributed by atoms with Crippen molar-refractivity contribution in [2.24, 2.45) is 5.92 Å². The first-order chi connectivity index (χ1) is 12.8. The van der Waals surface area contributed by atoms with Gasteiger partial charge in [-0.05, 0) is 63.6 Å². The molecule has 3 aliphatic heterocycles. The van der Waals surface area contributed by atoms with Gasteiger partial charge in [0.2, 0.25) is 0 Å². The van der Waals surface area contributed by atoms with E-state index in [9.17, 15) is 0 Å². The normalized spacial score (nSPS) is 32.7. The second-order valence-electron chi connectivity index (χ2n) is 8.63. The lowest BCUT2D eigenvalue weighted by atomic mass is 9.86. The minimum atomic E-state index is 0.608. The molecule has 26 heavy (non-hydrogen) atoms. The topological polar surface area (TPSA) is 36.3 Å². The zero-order valence-electron chi connectivity index (χ0n) is 16.5. The fraction of sp³-hybridized carbons (Fsp3) is 0.857. The van der Waals surface area contributed by atoms with Crippen LogP contribution in [0.15, 0.2) is 18.5 Å². The molecule has 3 unspecified atom stereocenters. The van der Waals surface area contributed by atoms with Crippen molar-refractivity contribution in [1.29, 1.82) is 0 Å². The van der Waals surface area contributed by atoms with Crippen molar-refractivity contribution < 1.29 is 0 Å². The second-order valence-corrected chi connectivity index (χ2v) is 8.63. The lowest BCUT2D eigenvalue weighted by Gasteiger charge is -2.47. The average molecular weight is 360 g/mol. The van der Waals surface area contributed by atoms with Crippen molar-refractivity contribution in [3.8, 4) is 0 Å². The number of hydrogen-bond donors (Lipinski definition) is 1. The van der Waals surface area contributed by atoms with Gasteiger partial charge in [-0.1, -0.05) is 13.3 Å². The summed E-state index contributed by atoms with van der Waals surface area (Å²) in [6.07, 6.45) is 13.4. The molecule has 1 aromatic heterocycles. The van der Waals surface area contributed by atoms with Crippen LogP contribution in [0.1, 0.15) is 57.9 Å². The summed E-state index contributed by atoms with van der Waals surface area (Å²) in [7, 11) is 0. The summed E-state index contributed by atoms with van der Waals surface area (Å²) in [6.45, 7) is 9.87. The molecule has 5 nitrogen and oxygen atoms in total. The monoisotopic (exact) mass is 359 g/mol. The molecule has 3 saturated heterocycles. The van der Waals surface area contributed by atoms with Crippen LogP contribution in [-0.4, -0.2) is 70.9 Å². The Balaban J connectivity index is 1.34. The van der Waals surface area contributed by atoms with Crippen LogP contribution in [0.2, 0.25) is 0 Å². The molecule has 3 aliphatic rings. The number of hydrogen-bond acceptors (Lipinski definition) is 4. The van der Waals surface area contributed by atoms with Crippen molar-refractivity contribution in [1.82, 2.24) is 24.9 Å². The summed E-state index contributed by atoms with van der Waals surface area (Å²) in [5, 5.41) is 8.15. The molecule has 1 N–H and O–H groups in total. The van der Waals surface area contributed by atoms with Crippen LogP contribution in [0, 0.1) is 5.92 Å². The second kappa shape index (κ2) is 8.85. The van der Waals surface area contributed by atoms with Crippen LogP contribution in [0.5, 0.6) is 0 Å². The maximum atomic E-state index is 4.45. The number of rotatable bonds is 5. The van der Waals surface area contributed by atoms with E-state index in [0.717, 1.165) is 18.0 Å². The Hall–Kier alpha value is -0.910. The van der Waals surface area contributed by atoms with Crippen LogP contribution in [0.3, 0.4) is 0 Å². The van der Waals surface area contributed by atoms with E-state index in [2.05, 4.69) is 44.1 Å². The van der Waals surface area contributed by atoms with E-state index in [4.69, 9.17) is 0 Å². The number of piperidine rings is 3. The molecule has 3 atom stereocenters. The summed E-state index contributed by atoms with van der Waals surface area (Å²) < 4.78 is 2.17. The Labute approximate surface area is 159 Å². The summed E-state index contributed by atoms with van der Waals surface area (Å²) in [6, 6.07) is 4.23. The number of nitrogens with zero attached hydrogens (tertiary/aromatic N) is 4. The van der Waals surface area contributed by atoms with E-state index in [-0.39, 0.29) is 0 Å². The van der Waals surface area contributed by atoms with E-state index >= 15 is 0 Å². The molecule has 0 amide bonds. The highest BCUT2D eigenvalue weighted by Gasteiger charge is 2.36. The lowest BCUT2D eigenvalue weighted by molar-refractivity contribution is 0.0264. The summed E-state index contributed by atoms with van der Waals surface area (Å²) >= 11 is 0. The number of likely N-dealkylation sites (tertiary alicyclic amines) is 2. The molecule has 4 heterocycles. The Bertz CT molecular complexity index is 523. The van der Waals surface area contributed by atoms with E-state index in [1.807, 2.05) is 6.20 Å². The molecule has 0 spiro atoms. The molecule has 1 aromatic rings. The number of aromatic nitrogens is 2. The van der Waals surface area contributed by atoms with Gasteiger partial charge in [0, 0.05) is 50.7 Å². The highest BCUT2D eigenvalue weighted by atomic mass is 15.3. The zero-order valence-corrected chi connectivity index (χ0v) is 16.5. The van der Waals surface area contributed by atoms with Gasteiger partial charge in [-0.2, -0.15) is 5.10 Å². The quantitative estimate of drug-likeness (QED) is 0.877. The third-order valence-corrected chi connectivity index (χ3v) is 7.11. The van der Waals surface area contributed by atoms with E-state index in [1.54, 1.807) is 0 Å². The van der Waals surface area contributed by atoms with Crippen molar-refractivity contribution >= 4 is 0 Å². The van der Waals surface area contributed by atoms with Gasteiger partial charge in [-0.15, -0.1) is 0 Å². The molecule has 3 fully saturated rings. The van der Waals surface area contributed by atoms with E-state index in [0.29, 0.717) is 6.04 Å². The lowest BCUT2D eigenvalue weighted by Crippen LogP contribution is -2.58. The first kappa shape index (κ1) is 18.5. The fourth-order valence-electron chi connectivity index (χ4n) is 5.59.